The van der Waals surface area contributed by atoms with Gasteiger partial charge in [0.05, 0.1) is 0 Å². The van der Waals surface area contributed by atoms with Crippen LogP contribution in [-0.4, -0.2) is 9.86 Å². The summed E-state index contributed by atoms with van der Waals surface area (Å²) in [5, 5.41) is 0.379. The number of carbonyl (C=O) groups is 1. The van der Waals surface area contributed by atoms with Gasteiger partial charge in [0.1, 0.15) is 0 Å². The largest absolute Gasteiger partial charge is 0.287 e. The van der Waals surface area contributed by atoms with Crippen LogP contribution in [0.1, 0.15) is 72.6 Å². The predicted octanol–water partition coefficient (Wildman–Crippen LogP) is 4.80. The molecule has 0 amide bonds. The molecule has 0 aromatic rings. The van der Waals surface area contributed by atoms with Crippen molar-refractivity contribution >= 4 is 16.9 Å². The van der Waals surface area contributed by atoms with E-state index in [2.05, 4.69) is 27.7 Å². The highest BCUT2D eigenvalue weighted by atomic mass is 32.2. The molecule has 15 heavy (non-hydrogen) atoms. The normalized spacial score (nSPS) is 14.9. The van der Waals surface area contributed by atoms with Gasteiger partial charge in [-0.1, -0.05) is 51.8 Å². The standard InChI is InChI=1S/C13H26OS/c1-5-8-11-13(4,10-7-3)15-12(14)9-6-2/h5-11H2,1-4H3. The zero-order valence-corrected chi connectivity index (χ0v) is 11.6. The Bertz CT molecular complexity index is 179. The van der Waals surface area contributed by atoms with Crippen molar-refractivity contribution in [1.29, 1.82) is 0 Å². The summed E-state index contributed by atoms with van der Waals surface area (Å²) in [6, 6.07) is 0. The highest BCUT2D eigenvalue weighted by Gasteiger charge is 2.26. The van der Waals surface area contributed by atoms with Gasteiger partial charge in [-0.05, 0) is 26.2 Å². The summed E-state index contributed by atoms with van der Waals surface area (Å²) in [5.41, 5.74) is 0. The summed E-state index contributed by atoms with van der Waals surface area (Å²) in [5.74, 6) is 0. The minimum atomic E-state index is 0.191. The van der Waals surface area contributed by atoms with E-state index in [9.17, 15) is 4.79 Å². The number of hydrogen-bond acceptors (Lipinski definition) is 2. The smallest absolute Gasteiger partial charge is 0.189 e. The zero-order valence-electron chi connectivity index (χ0n) is 10.8. The zero-order chi connectivity index (χ0) is 11.7. The van der Waals surface area contributed by atoms with Crippen molar-refractivity contribution < 1.29 is 4.79 Å². The van der Waals surface area contributed by atoms with Gasteiger partial charge in [0.15, 0.2) is 5.12 Å². The Kier molecular flexibility index (Phi) is 8.22. The SMILES string of the molecule is CCCCC(C)(CCC)SC(=O)CCC. The van der Waals surface area contributed by atoms with Crippen molar-refractivity contribution in [3.05, 3.63) is 0 Å². The molecule has 0 aliphatic carbocycles. The summed E-state index contributed by atoms with van der Waals surface area (Å²) < 4.78 is 0.191. The van der Waals surface area contributed by atoms with Crippen LogP contribution in [0.15, 0.2) is 0 Å². The molecule has 0 N–H and O–H groups in total. The van der Waals surface area contributed by atoms with E-state index in [4.69, 9.17) is 0 Å². The lowest BCUT2D eigenvalue weighted by Gasteiger charge is -2.27. The van der Waals surface area contributed by atoms with Gasteiger partial charge < -0.3 is 0 Å². The van der Waals surface area contributed by atoms with Crippen molar-refractivity contribution in [3.8, 4) is 0 Å². The third-order valence-electron chi connectivity index (χ3n) is 2.65. The second-order valence-electron chi connectivity index (χ2n) is 4.53. The summed E-state index contributed by atoms with van der Waals surface area (Å²) >= 11 is 1.60. The monoisotopic (exact) mass is 230 g/mol. The molecule has 1 unspecified atom stereocenters. The lowest BCUT2D eigenvalue weighted by molar-refractivity contribution is -0.111. The molecule has 0 radical (unpaired) electrons. The minimum absolute atomic E-state index is 0.191. The van der Waals surface area contributed by atoms with E-state index in [1.807, 2.05) is 0 Å². The number of rotatable bonds is 8. The maximum atomic E-state index is 11.7. The molecule has 0 aromatic heterocycles. The van der Waals surface area contributed by atoms with Gasteiger partial charge in [0.2, 0.25) is 0 Å². The first-order chi connectivity index (χ1) is 7.08. The molecule has 90 valence electrons. The lowest BCUT2D eigenvalue weighted by atomic mass is 9.98. The van der Waals surface area contributed by atoms with Gasteiger partial charge in [-0.15, -0.1) is 0 Å². The fourth-order valence-electron chi connectivity index (χ4n) is 1.84. The summed E-state index contributed by atoms with van der Waals surface area (Å²) in [4.78, 5) is 11.7. The fraction of sp³-hybridized carbons (Fsp3) is 0.923. The third kappa shape index (κ3) is 6.99. The molecule has 0 aromatic carbocycles. The second kappa shape index (κ2) is 8.20. The van der Waals surface area contributed by atoms with Crippen molar-refractivity contribution in [1.82, 2.24) is 0 Å². The fourth-order valence-corrected chi connectivity index (χ4v) is 3.25. The predicted molar refractivity (Wildman–Crippen MR) is 70.3 cm³/mol. The van der Waals surface area contributed by atoms with E-state index in [-0.39, 0.29) is 4.75 Å². The first-order valence-electron chi connectivity index (χ1n) is 6.29. The first kappa shape index (κ1) is 15.0. The van der Waals surface area contributed by atoms with Crippen molar-refractivity contribution in [2.24, 2.45) is 0 Å². The van der Waals surface area contributed by atoms with Crippen molar-refractivity contribution in [3.63, 3.8) is 0 Å². The van der Waals surface area contributed by atoms with E-state index >= 15 is 0 Å². The molecule has 0 fully saturated rings. The Labute approximate surface area is 99.4 Å². The van der Waals surface area contributed by atoms with Crippen LogP contribution in [0.5, 0.6) is 0 Å². The average Bonchev–Trinajstić information content (AvgIpc) is 2.15. The van der Waals surface area contributed by atoms with Crippen molar-refractivity contribution in [2.45, 2.75) is 77.4 Å². The summed E-state index contributed by atoms with van der Waals surface area (Å²) in [6.07, 6.45) is 7.68. The first-order valence-corrected chi connectivity index (χ1v) is 7.11. The quantitative estimate of drug-likeness (QED) is 0.596. The molecule has 0 heterocycles. The molecular weight excluding hydrogens is 204 g/mol. The number of carbonyl (C=O) groups excluding carboxylic acids is 1. The molecule has 0 aliphatic rings. The number of hydrogen-bond donors (Lipinski definition) is 0. The molecule has 0 rings (SSSR count). The van der Waals surface area contributed by atoms with Gasteiger partial charge in [-0.3, -0.25) is 4.79 Å². The molecule has 1 atom stereocenters. The molecule has 0 aliphatic heterocycles. The number of unbranched alkanes of at least 4 members (excludes halogenated alkanes) is 1. The van der Waals surface area contributed by atoms with E-state index in [1.165, 1.54) is 25.7 Å². The van der Waals surface area contributed by atoms with E-state index < -0.39 is 0 Å². The second-order valence-corrected chi connectivity index (χ2v) is 6.17. The molecular formula is C13H26OS. The van der Waals surface area contributed by atoms with E-state index in [1.54, 1.807) is 11.8 Å². The third-order valence-corrected chi connectivity index (χ3v) is 3.99. The lowest BCUT2D eigenvalue weighted by Crippen LogP contribution is -2.22. The van der Waals surface area contributed by atoms with Crippen LogP contribution in [0.2, 0.25) is 0 Å². The Balaban J connectivity index is 4.16. The van der Waals surface area contributed by atoms with Crippen LogP contribution in [0, 0.1) is 0 Å². The summed E-state index contributed by atoms with van der Waals surface area (Å²) in [6.45, 7) is 8.74. The highest BCUT2D eigenvalue weighted by molar-refractivity contribution is 8.14. The molecule has 1 nitrogen and oxygen atoms in total. The van der Waals surface area contributed by atoms with E-state index in [0.717, 1.165) is 19.3 Å². The molecule has 0 saturated carbocycles. The van der Waals surface area contributed by atoms with Crippen molar-refractivity contribution in [2.75, 3.05) is 0 Å². The van der Waals surface area contributed by atoms with Crippen LogP contribution < -0.4 is 0 Å². The topological polar surface area (TPSA) is 17.1 Å². The molecule has 2 heteroatoms. The van der Waals surface area contributed by atoms with E-state index in [0.29, 0.717) is 5.12 Å². The van der Waals surface area contributed by atoms with Crippen LogP contribution in [0.25, 0.3) is 0 Å². The molecule has 0 saturated heterocycles. The average molecular weight is 230 g/mol. The summed E-state index contributed by atoms with van der Waals surface area (Å²) in [7, 11) is 0. The van der Waals surface area contributed by atoms with Crippen LogP contribution in [0.4, 0.5) is 0 Å². The van der Waals surface area contributed by atoms with Gasteiger partial charge >= 0.3 is 0 Å². The van der Waals surface area contributed by atoms with Gasteiger partial charge in [-0.25, -0.2) is 0 Å². The Morgan fingerprint density at radius 3 is 2.20 bits per heavy atom. The van der Waals surface area contributed by atoms with Crippen LogP contribution in [-0.2, 0) is 4.79 Å². The van der Waals surface area contributed by atoms with Crippen LogP contribution >= 0.6 is 11.8 Å². The molecule has 0 bridgehead atoms. The Hall–Kier alpha value is 0.0200. The Morgan fingerprint density at radius 2 is 1.73 bits per heavy atom. The number of thioether (sulfide) groups is 1. The van der Waals surface area contributed by atoms with Gasteiger partial charge in [0.25, 0.3) is 0 Å². The Morgan fingerprint density at radius 1 is 1.07 bits per heavy atom. The minimum Gasteiger partial charge on any atom is -0.287 e. The molecule has 0 spiro atoms. The van der Waals surface area contributed by atoms with Gasteiger partial charge in [0, 0.05) is 11.2 Å². The van der Waals surface area contributed by atoms with Crippen LogP contribution in [0.3, 0.4) is 0 Å². The maximum Gasteiger partial charge on any atom is 0.189 e. The maximum absolute atomic E-state index is 11.7. The van der Waals surface area contributed by atoms with Gasteiger partial charge in [-0.2, -0.15) is 0 Å². The highest BCUT2D eigenvalue weighted by Crippen LogP contribution is 2.36.